The zero-order valence-electron chi connectivity index (χ0n) is 10.9. The van der Waals surface area contributed by atoms with Crippen LogP contribution in [-0.2, 0) is 0 Å². The van der Waals surface area contributed by atoms with Gasteiger partial charge in [0.25, 0.3) is 0 Å². The first-order chi connectivity index (χ1) is 9.92. The van der Waals surface area contributed by atoms with Crippen molar-refractivity contribution >= 4 is 12.2 Å². The topological polar surface area (TPSA) is 0 Å². The van der Waals surface area contributed by atoms with E-state index >= 15 is 0 Å². The molecule has 0 amide bonds. The average molecular weight is 252 g/mol. The summed E-state index contributed by atoms with van der Waals surface area (Å²) in [5.41, 5.74) is 5.56. The number of rotatable bonds is 0. The van der Waals surface area contributed by atoms with Crippen LogP contribution in [0, 0.1) is 12.0 Å². The van der Waals surface area contributed by atoms with E-state index in [4.69, 9.17) is 0 Å². The van der Waals surface area contributed by atoms with Gasteiger partial charge in [0.05, 0.1) is 28.7 Å². The lowest BCUT2D eigenvalue weighted by Gasteiger charge is -2.25. The van der Waals surface area contributed by atoms with Gasteiger partial charge in [0, 0.05) is 29.0 Å². The normalized spacial score (nSPS) is 19.8. The Balaban J connectivity index is 1.97. The number of hydrogen-bond acceptors (Lipinski definition) is 0. The molecule has 0 saturated heterocycles. The van der Waals surface area contributed by atoms with Gasteiger partial charge < -0.3 is 0 Å². The van der Waals surface area contributed by atoms with Gasteiger partial charge in [-0.05, 0) is 35.4 Å². The number of fused-ring (bicyclic) bond motifs is 2. The molecule has 0 bridgehead atoms. The molecule has 0 heteroatoms. The van der Waals surface area contributed by atoms with Crippen LogP contribution < -0.4 is 10.4 Å². The number of benzene rings is 2. The van der Waals surface area contributed by atoms with Crippen LogP contribution in [0.2, 0.25) is 0 Å². The maximum atomic E-state index is 3.49. The maximum absolute atomic E-state index is 3.49. The molecule has 0 aliphatic heterocycles. The smallest absolute Gasteiger partial charge is 0.0619 e. The first-order valence-corrected chi connectivity index (χ1v) is 7.01. The summed E-state index contributed by atoms with van der Waals surface area (Å²) in [6, 6.07) is 13.2. The Morgan fingerprint density at radius 3 is 2.90 bits per heavy atom. The van der Waals surface area contributed by atoms with E-state index in [1.54, 1.807) is 0 Å². The molecule has 3 aliphatic carbocycles. The Bertz CT molecular complexity index is 910. The zero-order valence-corrected chi connectivity index (χ0v) is 10.9. The van der Waals surface area contributed by atoms with Crippen LogP contribution in [0.3, 0.4) is 0 Å². The van der Waals surface area contributed by atoms with Crippen molar-refractivity contribution in [3.8, 4) is 0 Å². The van der Waals surface area contributed by atoms with Crippen molar-refractivity contribution in [3.63, 3.8) is 0 Å². The fourth-order valence-corrected chi connectivity index (χ4v) is 3.60. The summed E-state index contributed by atoms with van der Waals surface area (Å²) in [6.45, 7) is 0. The van der Waals surface area contributed by atoms with E-state index in [9.17, 15) is 0 Å². The predicted molar refractivity (Wildman–Crippen MR) is 81.3 cm³/mol. The molecule has 0 aromatic heterocycles. The molecule has 0 heterocycles. The molecule has 2 aromatic carbocycles. The van der Waals surface area contributed by atoms with Crippen LogP contribution in [0.1, 0.15) is 28.2 Å². The Kier molecular flexibility index (Phi) is 1.83. The van der Waals surface area contributed by atoms with Crippen molar-refractivity contribution in [2.75, 3.05) is 0 Å². The molecule has 0 nitrogen and oxygen atoms in total. The SMILES string of the molecule is [C]1=CC2c3ccccc3C=c3ccc4c(c32)[C+]1C=CC=4. The molecule has 0 saturated carbocycles. The Morgan fingerprint density at radius 2 is 1.90 bits per heavy atom. The largest absolute Gasteiger partial charge is 0.0934 e. The van der Waals surface area contributed by atoms with E-state index in [1.807, 2.05) is 0 Å². The third kappa shape index (κ3) is 1.19. The van der Waals surface area contributed by atoms with Crippen LogP contribution in [0.25, 0.3) is 12.2 Å². The van der Waals surface area contributed by atoms with Crippen LogP contribution >= 0.6 is 0 Å². The van der Waals surface area contributed by atoms with Crippen molar-refractivity contribution in [3.05, 3.63) is 99.3 Å². The molecule has 1 unspecified atom stereocenters. The van der Waals surface area contributed by atoms with E-state index in [1.165, 1.54) is 38.6 Å². The van der Waals surface area contributed by atoms with Gasteiger partial charge >= 0.3 is 0 Å². The summed E-state index contributed by atoms with van der Waals surface area (Å²) in [4.78, 5) is 0. The van der Waals surface area contributed by atoms with E-state index in [-0.39, 0.29) is 0 Å². The van der Waals surface area contributed by atoms with Crippen molar-refractivity contribution in [1.82, 2.24) is 0 Å². The Labute approximate surface area is 118 Å². The van der Waals surface area contributed by atoms with Gasteiger partial charge in [-0.15, -0.1) is 0 Å². The summed E-state index contributed by atoms with van der Waals surface area (Å²) in [5, 5.41) is 2.67. The second kappa shape index (κ2) is 3.55. The van der Waals surface area contributed by atoms with Crippen molar-refractivity contribution in [2.24, 2.45) is 0 Å². The van der Waals surface area contributed by atoms with E-state index in [0.717, 1.165) is 0 Å². The van der Waals surface area contributed by atoms with E-state index < -0.39 is 0 Å². The van der Waals surface area contributed by atoms with Gasteiger partial charge in [-0.2, -0.15) is 0 Å². The molecular formula is C20H12+. The third-order valence-corrected chi connectivity index (χ3v) is 4.48. The number of hydrogen-bond donors (Lipinski definition) is 0. The highest BCUT2D eigenvalue weighted by molar-refractivity contribution is 5.70. The molecule has 1 radical (unpaired) electrons. The van der Waals surface area contributed by atoms with Crippen LogP contribution in [-0.4, -0.2) is 0 Å². The second-order valence-corrected chi connectivity index (χ2v) is 5.53. The monoisotopic (exact) mass is 252 g/mol. The lowest BCUT2D eigenvalue weighted by atomic mass is 9.72. The lowest BCUT2D eigenvalue weighted by Crippen LogP contribution is -2.31. The fraction of sp³-hybridized carbons (Fsp3) is 0.0500. The quantitative estimate of drug-likeness (QED) is 0.632. The fourth-order valence-electron chi connectivity index (χ4n) is 3.60. The maximum Gasteiger partial charge on any atom is 0.0934 e. The standard InChI is InChI=1S/C20H12/c1-2-7-17-15(4-1)12-16-9-8-13-5-3-6-14-10-11-18(17)20(16)19(13)14/h1-9,11-12,18H/q+1. The summed E-state index contributed by atoms with van der Waals surface area (Å²) >= 11 is 0. The van der Waals surface area contributed by atoms with Crippen molar-refractivity contribution in [1.29, 1.82) is 0 Å². The van der Waals surface area contributed by atoms with Gasteiger partial charge in [0.1, 0.15) is 0 Å². The minimum absolute atomic E-state index is 0.352. The zero-order chi connectivity index (χ0) is 13.1. The van der Waals surface area contributed by atoms with Crippen molar-refractivity contribution < 1.29 is 0 Å². The molecule has 91 valence electrons. The highest BCUT2D eigenvalue weighted by Gasteiger charge is 2.34. The van der Waals surface area contributed by atoms with Gasteiger partial charge in [-0.1, -0.05) is 24.3 Å². The minimum atomic E-state index is 0.352. The third-order valence-electron chi connectivity index (χ3n) is 4.48. The summed E-state index contributed by atoms with van der Waals surface area (Å²) in [7, 11) is 0. The highest BCUT2D eigenvalue weighted by Crippen LogP contribution is 2.38. The average Bonchev–Trinajstić information content (AvgIpc) is 2.52. The van der Waals surface area contributed by atoms with Gasteiger partial charge in [0.15, 0.2) is 0 Å². The lowest BCUT2D eigenvalue weighted by molar-refractivity contribution is 0.935. The summed E-state index contributed by atoms with van der Waals surface area (Å²) in [5.74, 6) is 1.58. The van der Waals surface area contributed by atoms with Crippen LogP contribution in [0.5, 0.6) is 0 Å². The van der Waals surface area contributed by atoms with Crippen molar-refractivity contribution in [2.45, 2.75) is 5.92 Å². The van der Waals surface area contributed by atoms with E-state index in [0.29, 0.717) is 5.92 Å². The van der Waals surface area contributed by atoms with Crippen LogP contribution in [0.4, 0.5) is 0 Å². The molecule has 20 heavy (non-hydrogen) atoms. The van der Waals surface area contributed by atoms with Gasteiger partial charge in [-0.25, -0.2) is 0 Å². The Morgan fingerprint density at radius 1 is 1.00 bits per heavy atom. The first kappa shape index (κ1) is 10.3. The summed E-state index contributed by atoms with van der Waals surface area (Å²) in [6.07, 6.45) is 14.5. The first-order valence-electron chi connectivity index (χ1n) is 7.01. The van der Waals surface area contributed by atoms with E-state index in [2.05, 4.69) is 72.9 Å². The number of allylic oxidation sites excluding steroid dienone is 4. The minimum Gasteiger partial charge on any atom is -0.0619 e. The summed E-state index contributed by atoms with van der Waals surface area (Å²) < 4.78 is 0. The molecule has 1 atom stereocenters. The molecular weight excluding hydrogens is 240 g/mol. The molecule has 0 fully saturated rings. The molecule has 3 aliphatic rings. The molecule has 0 spiro atoms. The van der Waals surface area contributed by atoms with Gasteiger partial charge in [-0.3, -0.25) is 0 Å². The predicted octanol–water partition coefficient (Wildman–Crippen LogP) is 2.61. The second-order valence-electron chi connectivity index (χ2n) is 5.53. The highest BCUT2D eigenvalue weighted by atomic mass is 14.3. The molecule has 0 N–H and O–H groups in total. The molecule has 2 aromatic rings. The van der Waals surface area contributed by atoms with Crippen LogP contribution in [0.15, 0.2) is 54.6 Å². The Hall–Kier alpha value is -2.47. The van der Waals surface area contributed by atoms with Gasteiger partial charge in [0.2, 0.25) is 0 Å². The molecule has 5 rings (SSSR count).